The number of alkyl halides is 3. The van der Waals surface area contributed by atoms with Crippen LogP contribution in [-0.2, 0) is 13.2 Å². The number of aryl methyl sites for hydroxylation is 2. The molecule has 0 spiro atoms. The molecule has 19 heavy (non-hydrogen) atoms. The maximum Gasteiger partial charge on any atom is 0.417 e. The van der Waals surface area contributed by atoms with E-state index in [9.17, 15) is 13.2 Å². The van der Waals surface area contributed by atoms with Gasteiger partial charge in [-0.1, -0.05) is 11.6 Å². The highest BCUT2D eigenvalue weighted by atomic mass is 35.5. The minimum Gasteiger partial charge on any atom is -0.326 e. The zero-order chi connectivity index (χ0) is 14.2. The van der Waals surface area contributed by atoms with Gasteiger partial charge in [0.25, 0.3) is 0 Å². The zero-order valence-corrected chi connectivity index (χ0v) is 11.0. The van der Waals surface area contributed by atoms with Crippen molar-refractivity contribution in [1.29, 1.82) is 0 Å². The molecule has 0 aliphatic rings. The summed E-state index contributed by atoms with van der Waals surface area (Å²) in [6, 6.07) is 3.65. The van der Waals surface area contributed by atoms with Crippen LogP contribution in [0.2, 0.25) is 5.02 Å². The van der Waals surface area contributed by atoms with E-state index in [-0.39, 0.29) is 10.7 Å². The molecule has 1 aromatic carbocycles. The molecule has 0 aliphatic carbocycles. The highest BCUT2D eigenvalue weighted by Crippen LogP contribution is 2.36. The zero-order valence-electron chi connectivity index (χ0n) is 10.2. The van der Waals surface area contributed by atoms with Gasteiger partial charge in [-0.2, -0.15) is 13.2 Å². The summed E-state index contributed by atoms with van der Waals surface area (Å²) in [6.45, 7) is 1.80. The highest BCUT2D eigenvalue weighted by molar-refractivity contribution is 6.31. The van der Waals surface area contributed by atoms with Gasteiger partial charge in [-0.25, -0.2) is 4.98 Å². The van der Waals surface area contributed by atoms with Crippen LogP contribution in [0.5, 0.6) is 0 Å². The van der Waals surface area contributed by atoms with E-state index in [2.05, 4.69) is 10.3 Å². The fourth-order valence-electron chi connectivity index (χ4n) is 1.68. The number of hydrogen-bond acceptors (Lipinski definition) is 2. The molecule has 102 valence electrons. The van der Waals surface area contributed by atoms with Crippen LogP contribution in [0.1, 0.15) is 11.3 Å². The van der Waals surface area contributed by atoms with Crippen molar-refractivity contribution >= 4 is 23.2 Å². The average Bonchev–Trinajstić information content (AvgIpc) is 2.58. The monoisotopic (exact) mass is 289 g/mol. The lowest BCUT2D eigenvalue weighted by Gasteiger charge is -2.12. The Bertz CT molecular complexity index is 605. The highest BCUT2D eigenvalue weighted by Gasteiger charge is 2.33. The van der Waals surface area contributed by atoms with E-state index in [1.807, 2.05) is 0 Å². The Hall–Kier alpha value is -1.69. The largest absolute Gasteiger partial charge is 0.417 e. The third-order valence-corrected chi connectivity index (χ3v) is 2.85. The Morgan fingerprint density at radius 3 is 2.53 bits per heavy atom. The molecule has 1 aromatic heterocycles. The van der Waals surface area contributed by atoms with E-state index >= 15 is 0 Å². The van der Waals surface area contributed by atoms with Gasteiger partial charge in [0.15, 0.2) is 0 Å². The van der Waals surface area contributed by atoms with Gasteiger partial charge in [-0.15, -0.1) is 0 Å². The Morgan fingerprint density at radius 1 is 1.32 bits per heavy atom. The van der Waals surface area contributed by atoms with Crippen LogP contribution in [0.4, 0.5) is 24.8 Å². The fraction of sp³-hybridized carbons (Fsp3) is 0.250. The number of rotatable bonds is 2. The summed E-state index contributed by atoms with van der Waals surface area (Å²) in [4.78, 5) is 4.16. The van der Waals surface area contributed by atoms with Crippen molar-refractivity contribution < 1.29 is 13.2 Å². The number of halogens is 4. The predicted octanol–water partition coefficient (Wildman–Crippen LogP) is 4.14. The van der Waals surface area contributed by atoms with Gasteiger partial charge < -0.3 is 9.88 Å². The van der Waals surface area contributed by atoms with Crippen LogP contribution in [-0.4, -0.2) is 9.55 Å². The average molecular weight is 290 g/mol. The Kier molecular flexibility index (Phi) is 3.45. The van der Waals surface area contributed by atoms with E-state index in [1.54, 1.807) is 24.7 Å². The van der Waals surface area contributed by atoms with Gasteiger partial charge in [0.2, 0.25) is 5.95 Å². The summed E-state index contributed by atoms with van der Waals surface area (Å²) >= 11 is 5.55. The van der Waals surface area contributed by atoms with Crippen LogP contribution in [0, 0.1) is 6.92 Å². The standard InChI is InChI=1S/C12H11ClF3N3/c1-7-6-19(2)11(17-7)18-8-3-4-10(13)9(5-8)12(14,15)16/h3-6H,1-2H3,(H,17,18). The number of hydrogen-bond donors (Lipinski definition) is 1. The van der Waals surface area contributed by atoms with E-state index in [0.29, 0.717) is 5.95 Å². The molecule has 2 aromatic rings. The molecule has 0 radical (unpaired) electrons. The van der Waals surface area contributed by atoms with Crippen molar-refractivity contribution in [3.8, 4) is 0 Å². The lowest BCUT2D eigenvalue weighted by atomic mass is 10.2. The molecule has 2 rings (SSSR count). The summed E-state index contributed by atoms with van der Waals surface area (Å²) in [6.07, 6.45) is -2.71. The Balaban J connectivity index is 2.34. The molecular weight excluding hydrogens is 279 g/mol. The first-order valence-electron chi connectivity index (χ1n) is 5.41. The molecule has 1 heterocycles. The third kappa shape index (κ3) is 3.01. The summed E-state index contributed by atoms with van der Waals surface area (Å²) in [5, 5.41) is 2.50. The maximum absolute atomic E-state index is 12.7. The topological polar surface area (TPSA) is 29.9 Å². The number of nitrogens with one attached hydrogen (secondary N) is 1. The molecule has 0 atom stereocenters. The van der Waals surface area contributed by atoms with E-state index in [1.165, 1.54) is 12.1 Å². The quantitative estimate of drug-likeness (QED) is 0.900. The van der Waals surface area contributed by atoms with Crippen LogP contribution in [0.15, 0.2) is 24.4 Å². The van der Waals surface area contributed by atoms with Crippen LogP contribution >= 0.6 is 11.6 Å². The molecule has 0 amide bonds. The van der Waals surface area contributed by atoms with E-state index in [4.69, 9.17) is 11.6 Å². The molecule has 0 bridgehead atoms. The lowest BCUT2D eigenvalue weighted by molar-refractivity contribution is -0.137. The van der Waals surface area contributed by atoms with Crippen molar-refractivity contribution in [1.82, 2.24) is 9.55 Å². The summed E-state index contributed by atoms with van der Waals surface area (Å²) < 4.78 is 39.8. The second-order valence-corrected chi connectivity index (χ2v) is 4.54. The molecule has 0 saturated carbocycles. The lowest BCUT2D eigenvalue weighted by Crippen LogP contribution is -2.07. The molecule has 0 saturated heterocycles. The SMILES string of the molecule is Cc1cn(C)c(Nc2ccc(Cl)c(C(F)(F)F)c2)n1. The number of benzene rings is 1. The molecule has 1 N–H and O–H groups in total. The normalized spacial score (nSPS) is 11.7. The van der Waals surface area contributed by atoms with Crippen molar-refractivity contribution in [2.75, 3.05) is 5.32 Å². The third-order valence-electron chi connectivity index (χ3n) is 2.52. The molecule has 7 heteroatoms. The first-order valence-corrected chi connectivity index (χ1v) is 5.79. The van der Waals surface area contributed by atoms with E-state index in [0.717, 1.165) is 11.8 Å². The van der Waals surface area contributed by atoms with Gasteiger partial charge in [-0.3, -0.25) is 0 Å². The summed E-state index contributed by atoms with van der Waals surface area (Å²) in [5.74, 6) is 0.466. The fourth-order valence-corrected chi connectivity index (χ4v) is 1.91. The van der Waals surface area contributed by atoms with Gasteiger partial charge in [0, 0.05) is 18.9 Å². The summed E-state index contributed by atoms with van der Waals surface area (Å²) in [5.41, 5.74) is 0.186. The van der Waals surface area contributed by atoms with Crippen LogP contribution < -0.4 is 5.32 Å². The number of nitrogens with zero attached hydrogens (tertiary/aromatic N) is 2. The van der Waals surface area contributed by atoms with Crippen molar-refractivity contribution in [2.45, 2.75) is 13.1 Å². The Labute approximate surface area is 113 Å². The second-order valence-electron chi connectivity index (χ2n) is 4.13. The first-order chi connectivity index (χ1) is 8.77. The van der Waals surface area contributed by atoms with Gasteiger partial charge >= 0.3 is 6.18 Å². The number of aromatic nitrogens is 2. The molecule has 0 fully saturated rings. The number of anilines is 2. The van der Waals surface area contributed by atoms with Crippen LogP contribution in [0.25, 0.3) is 0 Å². The molecule has 0 aliphatic heterocycles. The van der Waals surface area contributed by atoms with Gasteiger partial charge in [0.05, 0.1) is 16.3 Å². The second kappa shape index (κ2) is 4.77. The van der Waals surface area contributed by atoms with E-state index < -0.39 is 11.7 Å². The maximum atomic E-state index is 12.7. The van der Waals surface area contributed by atoms with Gasteiger partial charge in [0.1, 0.15) is 0 Å². The van der Waals surface area contributed by atoms with Crippen molar-refractivity contribution in [2.24, 2.45) is 7.05 Å². The minimum absolute atomic E-state index is 0.283. The summed E-state index contributed by atoms with van der Waals surface area (Å²) in [7, 11) is 1.75. The minimum atomic E-state index is -4.48. The molecule has 3 nitrogen and oxygen atoms in total. The van der Waals surface area contributed by atoms with Crippen LogP contribution in [0.3, 0.4) is 0 Å². The van der Waals surface area contributed by atoms with Gasteiger partial charge in [-0.05, 0) is 25.1 Å². The molecular formula is C12H11ClF3N3. The van der Waals surface area contributed by atoms with Crippen molar-refractivity contribution in [3.63, 3.8) is 0 Å². The number of imidazole rings is 1. The smallest absolute Gasteiger partial charge is 0.326 e. The Morgan fingerprint density at radius 2 is 2.00 bits per heavy atom. The molecule has 0 unspecified atom stereocenters. The predicted molar refractivity (Wildman–Crippen MR) is 67.7 cm³/mol. The first kappa shape index (κ1) is 13.7. The van der Waals surface area contributed by atoms with Crippen molar-refractivity contribution in [3.05, 3.63) is 40.7 Å².